The minimum absolute atomic E-state index is 0. The molecule has 80 valence electrons. The van der Waals surface area contributed by atoms with E-state index in [-0.39, 0.29) is 26.2 Å². The number of hydrogen-bond acceptors (Lipinski definition) is 0. The van der Waals surface area contributed by atoms with Gasteiger partial charge in [-0.1, -0.05) is 85.0 Å². The zero-order valence-electron chi connectivity index (χ0n) is 9.58. The number of hydrogen-bond donors (Lipinski definition) is 0. The van der Waals surface area contributed by atoms with Crippen LogP contribution in [0.25, 0.3) is 12.2 Å². The first kappa shape index (κ1) is 13.9. The summed E-state index contributed by atoms with van der Waals surface area (Å²) < 4.78 is 0. The Morgan fingerprint density at radius 1 is 0.529 bits per heavy atom. The van der Waals surface area contributed by atoms with Gasteiger partial charge in [-0.25, -0.2) is 0 Å². The topological polar surface area (TPSA) is 0 Å². The molecule has 17 heavy (non-hydrogen) atoms. The SMILES string of the molecule is C(/C=C/c1ccccc1)=C\c1ccccc1.[Zr+2]. The van der Waals surface area contributed by atoms with Gasteiger partial charge in [0.05, 0.1) is 0 Å². The molecule has 0 fully saturated rings. The van der Waals surface area contributed by atoms with Gasteiger partial charge in [0, 0.05) is 0 Å². The third kappa shape index (κ3) is 5.10. The Labute approximate surface area is 122 Å². The summed E-state index contributed by atoms with van der Waals surface area (Å²) in [4.78, 5) is 0. The summed E-state index contributed by atoms with van der Waals surface area (Å²) in [5.41, 5.74) is 2.44. The van der Waals surface area contributed by atoms with E-state index >= 15 is 0 Å². The summed E-state index contributed by atoms with van der Waals surface area (Å²) in [5.74, 6) is 0. The molecule has 0 saturated heterocycles. The molecule has 0 bridgehead atoms. The molecule has 0 heterocycles. The van der Waals surface area contributed by atoms with Crippen LogP contribution in [0.5, 0.6) is 0 Å². The zero-order valence-corrected chi connectivity index (χ0v) is 12.0. The second-order valence-corrected chi connectivity index (χ2v) is 3.54. The van der Waals surface area contributed by atoms with Crippen LogP contribution in [0.4, 0.5) is 0 Å². The van der Waals surface area contributed by atoms with E-state index in [1.165, 1.54) is 11.1 Å². The molecule has 0 amide bonds. The van der Waals surface area contributed by atoms with E-state index in [0.29, 0.717) is 0 Å². The summed E-state index contributed by atoms with van der Waals surface area (Å²) in [7, 11) is 0. The van der Waals surface area contributed by atoms with E-state index in [1.54, 1.807) is 0 Å². The molecule has 2 aromatic rings. The Hall–Kier alpha value is -1.20. The molecule has 0 aromatic heterocycles. The molecule has 0 atom stereocenters. The van der Waals surface area contributed by atoms with E-state index in [9.17, 15) is 0 Å². The van der Waals surface area contributed by atoms with Crippen LogP contribution in [0, 0.1) is 0 Å². The van der Waals surface area contributed by atoms with Gasteiger partial charge in [0.1, 0.15) is 0 Å². The predicted octanol–water partition coefficient (Wildman–Crippen LogP) is 4.41. The second-order valence-electron chi connectivity index (χ2n) is 3.54. The van der Waals surface area contributed by atoms with Crippen LogP contribution in [0.1, 0.15) is 11.1 Å². The zero-order chi connectivity index (χ0) is 11.1. The fraction of sp³-hybridized carbons (Fsp3) is 0. The Morgan fingerprint density at radius 2 is 0.882 bits per heavy atom. The molecule has 1 heteroatoms. The molecule has 0 spiro atoms. The maximum Gasteiger partial charge on any atom is 2.00 e. The summed E-state index contributed by atoms with van der Waals surface area (Å²) in [6.07, 6.45) is 8.31. The third-order valence-electron chi connectivity index (χ3n) is 2.29. The monoisotopic (exact) mass is 296 g/mol. The molecule has 0 saturated carbocycles. The predicted molar refractivity (Wildman–Crippen MR) is 71.0 cm³/mol. The van der Waals surface area contributed by atoms with Crippen LogP contribution < -0.4 is 0 Å². The van der Waals surface area contributed by atoms with Gasteiger partial charge in [-0.15, -0.1) is 0 Å². The quantitative estimate of drug-likeness (QED) is 0.736. The summed E-state index contributed by atoms with van der Waals surface area (Å²) in [6, 6.07) is 20.6. The number of rotatable bonds is 3. The van der Waals surface area contributed by atoms with Gasteiger partial charge in [-0.2, -0.15) is 0 Å². The Balaban J connectivity index is 0.00000144. The van der Waals surface area contributed by atoms with E-state index in [1.807, 2.05) is 36.4 Å². The average molecular weight is 298 g/mol. The van der Waals surface area contributed by atoms with Crippen molar-refractivity contribution in [1.29, 1.82) is 0 Å². The van der Waals surface area contributed by atoms with Crippen molar-refractivity contribution >= 4 is 12.2 Å². The Morgan fingerprint density at radius 3 is 1.24 bits per heavy atom. The summed E-state index contributed by atoms with van der Waals surface area (Å²) in [5, 5.41) is 0. The van der Waals surface area contributed by atoms with Gasteiger partial charge in [-0.3, -0.25) is 0 Å². The Kier molecular flexibility index (Phi) is 6.51. The van der Waals surface area contributed by atoms with Gasteiger partial charge >= 0.3 is 26.2 Å². The first-order valence-electron chi connectivity index (χ1n) is 5.40. The molecule has 0 unspecified atom stereocenters. The molecule has 0 radical (unpaired) electrons. The summed E-state index contributed by atoms with van der Waals surface area (Å²) >= 11 is 0. The maximum absolute atomic E-state index is 2.10. The van der Waals surface area contributed by atoms with Crippen LogP contribution in [0.3, 0.4) is 0 Å². The number of allylic oxidation sites excluding steroid dienone is 2. The molecule has 0 aliphatic heterocycles. The van der Waals surface area contributed by atoms with Crippen molar-refractivity contribution in [3.05, 3.63) is 83.9 Å². The first-order valence-corrected chi connectivity index (χ1v) is 5.40. The van der Waals surface area contributed by atoms with Crippen LogP contribution >= 0.6 is 0 Å². The van der Waals surface area contributed by atoms with Crippen molar-refractivity contribution < 1.29 is 26.2 Å². The average Bonchev–Trinajstić information content (AvgIpc) is 2.37. The van der Waals surface area contributed by atoms with Gasteiger partial charge in [0.25, 0.3) is 0 Å². The van der Waals surface area contributed by atoms with Crippen LogP contribution in [-0.2, 0) is 26.2 Å². The van der Waals surface area contributed by atoms with Crippen LogP contribution in [-0.4, -0.2) is 0 Å². The van der Waals surface area contributed by atoms with Crippen molar-refractivity contribution in [2.75, 3.05) is 0 Å². The van der Waals surface area contributed by atoms with Crippen molar-refractivity contribution in [2.45, 2.75) is 0 Å². The maximum atomic E-state index is 2.10. The van der Waals surface area contributed by atoms with Crippen molar-refractivity contribution in [1.82, 2.24) is 0 Å². The van der Waals surface area contributed by atoms with E-state index in [4.69, 9.17) is 0 Å². The molecule has 2 rings (SSSR count). The van der Waals surface area contributed by atoms with Crippen LogP contribution in [0.2, 0.25) is 0 Å². The van der Waals surface area contributed by atoms with E-state index < -0.39 is 0 Å². The standard InChI is InChI=1S/C16H14.Zr/c1-3-9-15(10-4-1)13-7-8-14-16-11-5-2-6-12-16;/h1-14H;/q;+2/b13-7+,14-8+;. The van der Waals surface area contributed by atoms with Gasteiger partial charge < -0.3 is 0 Å². The Bertz CT molecular complexity index is 422. The van der Waals surface area contributed by atoms with Gasteiger partial charge in [0.2, 0.25) is 0 Å². The molecule has 0 aliphatic carbocycles. The molecule has 2 aromatic carbocycles. The van der Waals surface area contributed by atoms with Gasteiger partial charge in [0.15, 0.2) is 0 Å². The van der Waals surface area contributed by atoms with Crippen molar-refractivity contribution in [3.8, 4) is 0 Å². The molecular formula is C16H14Zr+2. The largest absolute Gasteiger partial charge is 2.00 e. The van der Waals surface area contributed by atoms with E-state index in [0.717, 1.165) is 0 Å². The first-order chi connectivity index (χ1) is 7.95. The minimum atomic E-state index is 0. The normalized spacial score (nSPS) is 10.6. The van der Waals surface area contributed by atoms with Gasteiger partial charge in [-0.05, 0) is 11.1 Å². The fourth-order valence-electron chi connectivity index (χ4n) is 1.46. The molecule has 0 N–H and O–H groups in total. The molecule has 0 aliphatic rings. The van der Waals surface area contributed by atoms with E-state index in [2.05, 4.69) is 48.6 Å². The van der Waals surface area contributed by atoms with Crippen molar-refractivity contribution in [2.24, 2.45) is 0 Å². The second kappa shape index (κ2) is 7.98. The third-order valence-corrected chi connectivity index (χ3v) is 2.29. The minimum Gasteiger partial charge on any atom is -0.0622 e. The summed E-state index contributed by atoms with van der Waals surface area (Å²) in [6.45, 7) is 0. The number of benzene rings is 2. The van der Waals surface area contributed by atoms with Crippen molar-refractivity contribution in [3.63, 3.8) is 0 Å². The fourth-order valence-corrected chi connectivity index (χ4v) is 1.46. The molecular weight excluding hydrogens is 283 g/mol. The van der Waals surface area contributed by atoms with Crippen LogP contribution in [0.15, 0.2) is 72.8 Å². The smallest absolute Gasteiger partial charge is 0.0622 e. The molecule has 0 nitrogen and oxygen atoms in total.